The normalized spacial score (nSPS) is 10.1. The molecule has 2 rings (SSSR count). The maximum Gasteiger partial charge on any atom is 0.340 e. The van der Waals surface area contributed by atoms with Crippen molar-refractivity contribution >= 4 is 11.5 Å². The van der Waals surface area contributed by atoms with E-state index in [4.69, 9.17) is 5.73 Å². The first-order valence-electron chi connectivity index (χ1n) is 4.23. The third-order valence-electron chi connectivity index (χ3n) is 1.98. The summed E-state index contributed by atoms with van der Waals surface area (Å²) in [6.45, 7) is 0. The number of H-pyrrole nitrogens is 1. The van der Waals surface area contributed by atoms with E-state index in [9.17, 15) is 10.1 Å². The van der Waals surface area contributed by atoms with Crippen molar-refractivity contribution in [3.63, 3.8) is 0 Å². The van der Waals surface area contributed by atoms with Gasteiger partial charge in [-0.2, -0.15) is 0 Å². The maximum atomic E-state index is 10.4. The van der Waals surface area contributed by atoms with Crippen molar-refractivity contribution in [1.29, 1.82) is 0 Å². The molecule has 1 aromatic carbocycles. The molecule has 1 aromatic heterocycles. The van der Waals surface area contributed by atoms with Crippen molar-refractivity contribution < 1.29 is 4.92 Å². The molecule has 1 heterocycles. The molecule has 0 aliphatic rings. The van der Waals surface area contributed by atoms with Gasteiger partial charge in [-0.05, 0) is 17.1 Å². The number of nitrogen functional groups attached to an aromatic ring is 1. The van der Waals surface area contributed by atoms with Gasteiger partial charge in [0.2, 0.25) is 5.82 Å². The van der Waals surface area contributed by atoms with E-state index >= 15 is 0 Å². The number of aromatic amines is 1. The van der Waals surface area contributed by atoms with Gasteiger partial charge in [-0.25, -0.2) is 9.97 Å². The van der Waals surface area contributed by atoms with E-state index in [1.807, 2.05) is 0 Å². The molecule has 0 spiro atoms. The first kappa shape index (κ1) is 9.20. The van der Waals surface area contributed by atoms with Crippen LogP contribution in [0.15, 0.2) is 30.5 Å². The minimum absolute atomic E-state index is 0.145. The van der Waals surface area contributed by atoms with Crippen molar-refractivity contribution in [1.82, 2.24) is 9.97 Å². The number of hydrogen-bond acceptors (Lipinski definition) is 4. The Labute approximate surface area is 84.9 Å². The molecule has 0 atom stereocenters. The summed E-state index contributed by atoms with van der Waals surface area (Å²) in [5.74, 6) is 0.257. The Balaban J connectivity index is 2.46. The molecule has 6 nitrogen and oxygen atoms in total. The highest BCUT2D eigenvalue weighted by molar-refractivity contribution is 5.71. The first-order chi connectivity index (χ1) is 7.18. The van der Waals surface area contributed by atoms with Gasteiger partial charge in [-0.3, -0.25) is 0 Å². The van der Waals surface area contributed by atoms with Gasteiger partial charge < -0.3 is 15.8 Å². The summed E-state index contributed by atoms with van der Waals surface area (Å²) < 4.78 is 0. The summed E-state index contributed by atoms with van der Waals surface area (Å²) in [7, 11) is 0. The molecule has 76 valence electrons. The maximum absolute atomic E-state index is 10.4. The summed E-state index contributed by atoms with van der Waals surface area (Å²) >= 11 is 0. The van der Waals surface area contributed by atoms with Crippen molar-refractivity contribution in [3.05, 3.63) is 40.6 Å². The zero-order valence-electron chi connectivity index (χ0n) is 7.68. The van der Waals surface area contributed by atoms with Crippen LogP contribution < -0.4 is 5.73 Å². The van der Waals surface area contributed by atoms with Crippen LogP contribution >= 0.6 is 0 Å². The van der Waals surface area contributed by atoms with Gasteiger partial charge in [0.25, 0.3) is 0 Å². The third kappa shape index (κ3) is 1.64. The Hall–Kier alpha value is -2.37. The van der Waals surface area contributed by atoms with E-state index in [0.717, 1.165) is 0 Å². The lowest BCUT2D eigenvalue weighted by Gasteiger charge is -1.97. The van der Waals surface area contributed by atoms with Gasteiger partial charge in [-0.15, -0.1) is 0 Å². The Morgan fingerprint density at radius 1 is 1.40 bits per heavy atom. The number of anilines is 1. The number of nitrogens with zero attached hydrogens (tertiary/aromatic N) is 2. The predicted octanol–water partition coefficient (Wildman–Crippen LogP) is 1.57. The molecule has 0 saturated carbocycles. The third-order valence-corrected chi connectivity index (χ3v) is 1.98. The molecular weight excluding hydrogens is 196 g/mol. The van der Waals surface area contributed by atoms with Gasteiger partial charge in [0, 0.05) is 5.69 Å². The number of para-hydroxylation sites is 1. The van der Waals surface area contributed by atoms with E-state index in [1.165, 1.54) is 6.20 Å². The highest BCUT2D eigenvalue weighted by atomic mass is 16.6. The molecule has 6 heteroatoms. The molecule has 0 radical (unpaired) electrons. The van der Waals surface area contributed by atoms with E-state index in [2.05, 4.69) is 9.97 Å². The fraction of sp³-hybridized carbons (Fsp3) is 0. The second-order valence-electron chi connectivity index (χ2n) is 2.96. The molecule has 0 bridgehead atoms. The van der Waals surface area contributed by atoms with Crippen molar-refractivity contribution in [3.8, 4) is 11.4 Å². The fourth-order valence-electron chi connectivity index (χ4n) is 1.25. The second kappa shape index (κ2) is 3.41. The summed E-state index contributed by atoms with van der Waals surface area (Å²) in [6, 6.07) is 7.04. The lowest BCUT2D eigenvalue weighted by Crippen LogP contribution is -1.91. The van der Waals surface area contributed by atoms with E-state index in [-0.39, 0.29) is 5.82 Å². The topological polar surface area (TPSA) is 97.8 Å². The van der Waals surface area contributed by atoms with Crippen LogP contribution in [0.4, 0.5) is 11.5 Å². The first-order valence-corrected chi connectivity index (χ1v) is 4.23. The zero-order valence-corrected chi connectivity index (χ0v) is 7.68. The van der Waals surface area contributed by atoms with Crippen LogP contribution in [0.2, 0.25) is 0 Å². The van der Waals surface area contributed by atoms with Crippen LogP contribution in [-0.2, 0) is 0 Å². The number of imidazole rings is 1. The minimum atomic E-state index is -0.532. The van der Waals surface area contributed by atoms with Crippen molar-refractivity contribution in [2.75, 3.05) is 5.73 Å². The highest BCUT2D eigenvalue weighted by Crippen LogP contribution is 2.23. The number of nitro groups is 1. The highest BCUT2D eigenvalue weighted by Gasteiger charge is 2.13. The molecule has 0 saturated heterocycles. The molecular formula is C9H8N4O2. The average molecular weight is 204 g/mol. The molecule has 0 unspecified atom stereocenters. The number of hydrogen-bond donors (Lipinski definition) is 2. The van der Waals surface area contributed by atoms with Crippen molar-refractivity contribution in [2.24, 2.45) is 0 Å². The standard InChI is InChI=1S/C9H8N4O2/c10-7-4-2-1-3-6(7)9-11-5-8(12-9)13(14)15/h1-5H,10H2,(H,11,12). The van der Waals surface area contributed by atoms with E-state index < -0.39 is 4.92 Å². The van der Waals surface area contributed by atoms with E-state index in [0.29, 0.717) is 17.1 Å². The van der Waals surface area contributed by atoms with Crippen LogP contribution in [0.1, 0.15) is 0 Å². The summed E-state index contributed by atoms with van der Waals surface area (Å²) in [4.78, 5) is 16.4. The Morgan fingerprint density at radius 2 is 2.13 bits per heavy atom. The summed E-state index contributed by atoms with van der Waals surface area (Å²) in [6.07, 6.45) is 1.17. The molecule has 0 aliphatic heterocycles. The number of nitrogens with two attached hydrogens (primary N) is 1. The van der Waals surface area contributed by atoms with Gasteiger partial charge in [-0.1, -0.05) is 12.1 Å². The molecule has 3 N–H and O–H groups in total. The Morgan fingerprint density at radius 3 is 2.73 bits per heavy atom. The quantitative estimate of drug-likeness (QED) is 0.440. The van der Waals surface area contributed by atoms with E-state index in [1.54, 1.807) is 24.3 Å². The molecule has 0 amide bonds. The minimum Gasteiger partial charge on any atom is -0.398 e. The number of rotatable bonds is 2. The average Bonchev–Trinajstić information content (AvgIpc) is 2.67. The van der Waals surface area contributed by atoms with Crippen LogP contribution in [0.5, 0.6) is 0 Å². The second-order valence-corrected chi connectivity index (χ2v) is 2.96. The monoisotopic (exact) mass is 204 g/mol. The van der Waals surface area contributed by atoms with Crippen LogP contribution in [0.25, 0.3) is 11.4 Å². The Bertz CT molecular complexity index is 506. The van der Waals surface area contributed by atoms with Crippen LogP contribution in [0, 0.1) is 10.1 Å². The van der Waals surface area contributed by atoms with Gasteiger partial charge in [0.05, 0.1) is 5.56 Å². The molecule has 0 aliphatic carbocycles. The number of aromatic nitrogens is 2. The zero-order chi connectivity index (χ0) is 10.8. The number of benzene rings is 1. The predicted molar refractivity (Wildman–Crippen MR) is 55.1 cm³/mol. The number of nitrogens with one attached hydrogen (secondary N) is 1. The molecule has 2 aromatic rings. The van der Waals surface area contributed by atoms with Crippen molar-refractivity contribution in [2.45, 2.75) is 0 Å². The largest absolute Gasteiger partial charge is 0.398 e. The molecule has 0 fully saturated rings. The van der Waals surface area contributed by atoms with Gasteiger partial charge >= 0.3 is 5.82 Å². The van der Waals surface area contributed by atoms with Crippen LogP contribution in [-0.4, -0.2) is 14.9 Å². The SMILES string of the molecule is Nc1ccccc1-c1ncc([N+](=O)[O-])[nH]1. The van der Waals surface area contributed by atoms with Gasteiger partial charge in [0.15, 0.2) is 0 Å². The lowest BCUT2D eigenvalue weighted by molar-refractivity contribution is -0.389. The Kier molecular flexibility index (Phi) is 2.09. The summed E-state index contributed by atoms with van der Waals surface area (Å²) in [5.41, 5.74) is 6.90. The smallest absolute Gasteiger partial charge is 0.340 e. The fourth-order valence-corrected chi connectivity index (χ4v) is 1.25. The lowest BCUT2D eigenvalue weighted by atomic mass is 10.2. The van der Waals surface area contributed by atoms with Crippen LogP contribution in [0.3, 0.4) is 0 Å². The molecule has 15 heavy (non-hydrogen) atoms. The summed E-state index contributed by atoms with van der Waals surface area (Å²) in [5, 5.41) is 10.4. The van der Waals surface area contributed by atoms with Gasteiger partial charge in [0.1, 0.15) is 6.20 Å².